The van der Waals surface area contributed by atoms with Crippen molar-refractivity contribution in [1.29, 1.82) is 0 Å². The second-order valence-electron chi connectivity index (χ2n) is 4.55. The van der Waals surface area contributed by atoms with Crippen molar-refractivity contribution in [3.05, 3.63) is 46.6 Å². The molecular weight excluding hydrogens is 308 g/mol. The van der Waals surface area contributed by atoms with Crippen LogP contribution in [0.25, 0.3) is 11.3 Å². The molecule has 3 N–H and O–H groups in total. The number of likely N-dealkylation sites (N-methyl/N-ethyl adjacent to an activating group) is 1. The van der Waals surface area contributed by atoms with E-state index in [1.165, 1.54) is 0 Å². The number of carbonyl (C=O) groups is 1. The van der Waals surface area contributed by atoms with Gasteiger partial charge >= 0.3 is 0 Å². The lowest BCUT2D eigenvalue weighted by molar-refractivity contribution is -0.886. The first-order chi connectivity index (χ1) is 9.04. The van der Waals surface area contributed by atoms with E-state index in [0.717, 1.165) is 26.5 Å². The zero-order valence-electron chi connectivity index (χ0n) is 10.7. The summed E-state index contributed by atoms with van der Waals surface area (Å²) >= 11 is 3.40. The molecule has 0 radical (unpaired) electrons. The maximum atomic E-state index is 10.8. The first-order valence-electron chi connectivity index (χ1n) is 5.99. The maximum Gasteiger partial charge on any atom is 0.272 e. The number of quaternary nitrogens is 1. The van der Waals surface area contributed by atoms with Crippen molar-refractivity contribution in [1.82, 2.24) is 0 Å². The Bertz CT molecular complexity index is 563. The highest BCUT2D eigenvalue weighted by molar-refractivity contribution is 9.10. The van der Waals surface area contributed by atoms with Crippen molar-refractivity contribution in [2.75, 3.05) is 13.6 Å². The van der Waals surface area contributed by atoms with E-state index < -0.39 is 0 Å². The van der Waals surface area contributed by atoms with E-state index in [-0.39, 0.29) is 5.91 Å². The fourth-order valence-electron chi connectivity index (χ4n) is 1.90. The van der Waals surface area contributed by atoms with Gasteiger partial charge in [0.15, 0.2) is 12.3 Å². The Morgan fingerprint density at radius 3 is 2.58 bits per heavy atom. The summed E-state index contributed by atoms with van der Waals surface area (Å²) in [5, 5.41) is 0. The topological polar surface area (TPSA) is 60.7 Å². The van der Waals surface area contributed by atoms with Crippen LogP contribution in [0.2, 0.25) is 0 Å². The minimum atomic E-state index is -0.308. The summed E-state index contributed by atoms with van der Waals surface area (Å²) in [5.74, 6) is 1.36. The van der Waals surface area contributed by atoms with E-state index in [4.69, 9.17) is 10.2 Å². The quantitative estimate of drug-likeness (QED) is 0.868. The summed E-state index contributed by atoms with van der Waals surface area (Å²) in [4.78, 5) is 11.8. The standard InChI is InChI=1S/C14H15BrN2O2/c1-17(9-14(16)18)8-12-6-7-13(19-12)10-2-4-11(15)5-3-10/h2-7H,8-9H2,1H3,(H2,16,18)/p+1. The van der Waals surface area contributed by atoms with E-state index in [1.54, 1.807) is 0 Å². The lowest BCUT2D eigenvalue weighted by Gasteiger charge is -2.09. The lowest BCUT2D eigenvalue weighted by Crippen LogP contribution is -3.08. The molecule has 0 fully saturated rings. The van der Waals surface area contributed by atoms with Crippen LogP contribution in [0.1, 0.15) is 5.76 Å². The van der Waals surface area contributed by atoms with E-state index in [2.05, 4.69) is 15.9 Å². The molecule has 0 aliphatic carbocycles. The predicted molar refractivity (Wildman–Crippen MR) is 76.5 cm³/mol. The van der Waals surface area contributed by atoms with Gasteiger partial charge in [0.05, 0.1) is 7.05 Å². The minimum absolute atomic E-state index is 0.300. The van der Waals surface area contributed by atoms with Crippen LogP contribution in [0.4, 0.5) is 0 Å². The first-order valence-corrected chi connectivity index (χ1v) is 6.78. The molecule has 1 heterocycles. The molecule has 1 atom stereocenters. The molecule has 0 aliphatic heterocycles. The van der Waals surface area contributed by atoms with Crippen LogP contribution < -0.4 is 10.6 Å². The van der Waals surface area contributed by atoms with Gasteiger partial charge in [0, 0.05) is 10.0 Å². The zero-order chi connectivity index (χ0) is 13.8. The second-order valence-corrected chi connectivity index (χ2v) is 5.47. The molecule has 0 aliphatic rings. The van der Waals surface area contributed by atoms with Gasteiger partial charge in [0.2, 0.25) is 0 Å². The smallest absolute Gasteiger partial charge is 0.272 e. The highest BCUT2D eigenvalue weighted by Gasteiger charge is 2.11. The number of primary amides is 1. The van der Waals surface area contributed by atoms with E-state index in [9.17, 15) is 4.79 Å². The molecule has 2 rings (SSSR count). The van der Waals surface area contributed by atoms with Crippen molar-refractivity contribution in [3.8, 4) is 11.3 Å². The Kier molecular flexibility index (Phi) is 4.39. The van der Waals surface area contributed by atoms with Crippen LogP contribution >= 0.6 is 15.9 Å². The summed E-state index contributed by atoms with van der Waals surface area (Å²) in [6.45, 7) is 0.938. The van der Waals surface area contributed by atoms with Gasteiger partial charge in [-0.1, -0.05) is 28.1 Å². The number of benzene rings is 1. The molecule has 1 aromatic carbocycles. The van der Waals surface area contributed by atoms with Gasteiger partial charge in [-0.25, -0.2) is 0 Å². The van der Waals surface area contributed by atoms with Crippen LogP contribution in [0.3, 0.4) is 0 Å². The number of halogens is 1. The van der Waals surface area contributed by atoms with Crippen LogP contribution in [-0.2, 0) is 11.3 Å². The highest BCUT2D eigenvalue weighted by Crippen LogP contribution is 2.23. The normalized spacial score (nSPS) is 12.3. The Labute approximate surface area is 120 Å². The average Bonchev–Trinajstić information content (AvgIpc) is 2.77. The lowest BCUT2D eigenvalue weighted by atomic mass is 10.2. The van der Waals surface area contributed by atoms with Gasteiger partial charge in [0.25, 0.3) is 5.91 Å². The average molecular weight is 324 g/mol. The van der Waals surface area contributed by atoms with Gasteiger partial charge in [-0.2, -0.15) is 0 Å². The number of amides is 1. The number of nitrogens with two attached hydrogens (primary N) is 1. The molecule has 2 aromatic rings. The van der Waals surface area contributed by atoms with Gasteiger partial charge in [-0.15, -0.1) is 0 Å². The second kappa shape index (κ2) is 6.04. The van der Waals surface area contributed by atoms with Crippen molar-refractivity contribution < 1.29 is 14.1 Å². The fraction of sp³-hybridized carbons (Fsp3) is 0.214. The fourth-order valence-corrected chi connectivity index (χ4v) is 2.16. The van der Waals surface area contributed by atoms with Crippen molar-refractivity contribution in [2.24, 2.45) is 5.73 Å². The molecule has 0 bridgehead atoms. The van der Waals surface area contributed by atoms with Gasteiger partial charge in [-0.3, -0.25) is 4.79 Å². The Hall–Kier alpha value is -1.59. The summed E-state index contributed by atoms with van der Waals surface area (Å²) in [6.07, 6.45) is 0. The van der Waals surface area contributed by atoms with E-state index >= 15 is 0 Å². The highest BCUT2D eigenvalue weighted by atomic mass is 79.9. The molecule has 1 amide bonds. The SMILES string of the molecule is C[NH+](CC(N)=O)Cc1ccc(-c2ccc(Br)cc2)o1. The van der Waals surface area contributed by atoms with E-state index in [1.807, 2.05) is 43.4 Å². The molecule has 0 saturated carbocycles. The summed E-state index contributed by atoms with van der Waals surface area (Å²) in [7, 11) is 1.91. The third-order valence-electron chi connectivity index (χ3n) is 2.74. The largest absolute Gasteiger partial charge is 0.455 e. The number of rotatable bonds is 5. The first kappa shape index (κ1) is 13.8. The monoisotopic (exact) mass is 323 g/mol. The molecule has 1 unspecified atom stereocenters. The van der Waals surface area contributed by atoms with Gasteiger partial charge in [-0.05, 0) is 24.3 Å². The Morgan fingerprint density at radius 2 is 1.95 bits per heavy atom. The molecular formula is C14H16BrN2O2+. The van der Waals surface area contributed by atoms with E-state index in [0.29, 0.717) is 13.1 Å². The number of furan rings is 1. The molecule has 4 nitrogen and oxygen atoms in total. The third-order valence-corrected chi connectivity index (χ3v) is 3.27. The summed E-state index contributed by atoms with van der Waals surface area (Å²) in [5.41, 5.74) is 6.19. The van der Waals surface area contributed by atoms with Crippen LogP contribution in [0.5, 0.6) is 0 Å². The predicted octanol–water partition coefficient (Wildman–Crippen LogP) is 1.21. The number of nitrogens with one attached hydrogen (secondary N) is 1. The van der Waals surface area contributed by atoms with Crippen LogP contribution in [-0.4, -0.2) is 19.5 Å². The Balaban J connectivity index is 2.06. The Morgan fingerprint density at radius 1 is 1.26 bits per heavy atom. The molecule has 0 spiro atoms. The molecule has 5 heteroatoms. The molecule has 0 saturated heterocycles. The number of hydrogen-bond acceptors (Lipinski definition) is 2. The minimum Gasteiger partial charge on any atom is -0.455 e. The van der Waals surface area contributed by atoms with Crippen molar-refractivity contribution in [2.45, 2.75) is 6.54 Å². The maximum absolute atomic E-state index is 10.8. The van der Waals surface area contributed by atoms with Gasteiger partial charge in [0.1, 0.15) is 12.3 Å². The molecule has 19 heavy (non-hydrogen) atoms. The molecule has 1 aromatic heterocycles. The number of hydrogen-bond donors (Lipinski definition) is 2. The van der Waals surface area contributed by atoms with Gasteiger partial charge < -0.3 is 15.1 Å². The summed E-state index contributed by atoms with van der Waals surface area (Å²) in [6, 6.07) is 11.8. The number of carbonyl (C=O) groups excluding carboxylic acids is 1. The van der Waals surface area contributed by atoms with Crippen molar-refractivity contribution >= 4 is 21.8 Å². The zero-order valence-corrected chi connectivity index (χ0v) is 12.2. The molecule has 100 valence electrons. The summed E-state index contributed by atoms with van der Waals surface area (Å²) < 4.78 is 6.81. The van der Waals surface area contributed by atoms with Crippen LogP contribution in [0, 0.1) is 0 Å². The third kappa shape index (κ3) is 3.94. The van der Waals surface area contributed by atoms with Crippen LogP contribution in [0.15, 0.2) is 45.3 Å². The van der Waals surface area contributed by atoms with Crippen molar-refractivity contribution in [3.63, 3.8) is 0 Å².